The summed E-state index contributed by atoms with van der Waals surface area (Å²) in [5.41, 5.74) is -0.209. The van der Waals surface area contributed by atoms with Gasteiger partial charge in [0.05, 0.1) is 12.5 Å². The van der Waals surface area contributed by atoms with Gasteiger partial charge in [0.15, 0.2) is 11.5 Å². The van der Waals surface area contributed by atoms with Crippen molar-refractivity contribution >= 4 is 21.9 Å². The highest BCUT2D eigenvalue weighted by Crippen LogP contribution is 2.54. The van der Waals surface area contributed by atoms with E-state index in [0.717, 1.165) is 6.42 Å². The molecular weight excluding hydrogens is 316 g/mol. The van der Waals surface area contributed by atoms with Gasteiger partial charge in [0.25, 0.3) is 0 Å². The zero-order valence-electron chi connectivity index (χ0n) is 10.4. The molecule has 1 aliphatic carbocycles. The van der Waals surface area contributed by atoms with E-state index in [2.05, 4.69) is 15.9 Å². The van der Waals surface area contributed by atoms with E-state index in [1.54, 1.807) is 6.07 Å². The second kappa shape index (κ2) is 4.30. The molecule has 0 atom stereocenters. The van der Waals surface area contributed by atoms with E-state index in [1.807, 2.05) is 0 Å². The summed E-state index contributed by atoms with van der Waals surface area (Å²) in [7, 11) is 1.53. The highest BCUT2D eigenvalue weighted by molar-refractivity contribution is 9.10. The first-order valence-corrected chi connectivity index (χ1v) is 6.79. The van der Waals surface area contributed by atoms with Crippen molar-refractivity contribution in [3.05, 3.63) is 16.1 Å². The van der Waals surface area contributed by atoms with Gasteiger partial charge in [-0.3, -0.25) is 4.79 Å². The lowest BCUT2D eigenvalue weighted by Gasteiger charge is -2.39. The van der Waals surface area contributed by atoms with Crippen LogP contribution < -0.4 is 14.2 Å². The lowest BCUT2D eigenvalue weighted by Crippen LogP contribution is -2.42. The van der Waals surface area contributed by atoms with E-state index >= 15 is 0 Å². The van der Waals surface area contributed by atoms with Crippen molar-refractivity contribution in [2.24, 2.45) is 0 Å². The van der Waals surface area contributed by atoms with Crippen molar-refractivity contribution in [1.82, 2.24) is 0 Å². The maximum atomic E-state index is 11.6. The number of methoxy groups -OCH3 is 1. The molecule has 1 aliphatic heterocycles. The van der Waals surface area contributed by atoms with Gasteiger partial charge in [-0.15, -0.1) is 0 Å². The Morgan fingerprint density at radius 1 is 1.47 bits per heavy atom. The molecule has 0 spiro atoms. The minimum atomic E-state index is -0.866. The summed E-state index contributed by atoms with van der Waals surface area (Å²) in [4.78, 5) is 11.6. The van der Waals surface area contributed by atoms with E-state index in [4.69, 9.17) is 14.2 Å². The third-order valence-corrected chi connectivity index (χ3v) is 4.62. The standard InChI is InChI=1S/C13H13BrO5/c1-17-10-7(13(12(15)16)3-2-4-13)5-8-11(9(10)14)19-6-18-8/h5H,2-4,6H2,1H3,(H,15,16). The number of hydrogen-bond donors (Lipinski definition) is 1. The highest BCUT2D eigenvalue weighted by atomic mass is 79.9. The maximum absolute atomic E-state index is 11.6. The smallest absolute Gasteiger partial charge is 0.314 e. The van der Waals surface area contributed by atoms with Gasteiger partial charge in [0.1, 0.15) is 10.2 Å². The number of carboxylic acid groups (broad SMARTS) is 1. The summed E-state index contributed by atoms with van der Waals surface area (Å²) in [6.45, 7) is 0.139. The summed E-state index contributed by atoms with van der Waals surface area (Å²) < 4.78 is 16.7. The molecule has 102 valence electrons. The van der Waals surface area contributed by atoms with Crippen LogP contribution in [-0.4, -0.2) is 25.0 Å². The summed E-state index contributed by atoms with van der Waals surface area (Å²) in [6, 6.07) is 1.74. The second-order valence-corrected chi connectivity index (χ2v) is 5.54. The third-order valence-electron chi connectivity index (χ3n) is 3.90. The SMILES string of the molecule is COc1c(C2(C(=O)O)CCC2)cc2c(c1Br)OCO2. The molecule has 0 radical (unpaired) electrons. The topological polar surface area (TPSA) is 65.0 Å². The van der Waals surface area contributed by atoms with Crippen LogP contribution in [0.4, 0.5) is 0 Å². The van der Waals surface area contributed by atoms with Crippen molar-refractivity contribution in [3.63, 3.8) is 0 Å². The van der Waals surface area contributed by atoms with Gasteiger partial charge >= 0.3 is 5.97 Å². The molecule has 19 heavy (non-hydrogen) atoms. The van der Waals surface area contributed by atoms with Crippen LogP contribution in [0.5, 0.6) is 17.2 Å². The maximum Gasteiger partial charge on any atom is 0.314 e. The largest absolute Gasteiger partial charge is 0.495 e. The summed E-state index contributed by atoms with van der Waals surface area (Å²) >= 11 is 3.42. The molecule has 1 N–H and O–H groups in total. The lowest BCUT2D eigenvalue weighted by atomic mass is 9.64. The van der Waals surface area contributed by atoms with E-state index in [-0.39, 0.29) is 6.79 Å². The molecule has 0 amide bonds. The number of benzene rings is 1. The van der Waals surface area contributed by atoms with Gasteiger partial charge in [0.2, 0.25) is 6.79 Å². The van der Waals surface area contributed by atoms with Crippen LogP contribution in [-0.2, 0) is 10.2 Å². The molecule has 1 fully saturated rings. The number of carboxylic acids is 1. The summed E-state index contributed by atoms with van der Waals surface area (Å²) in [6.07, 6.45) is 2.14. The van der Waals surface area contributed by atoms with Gasteiger partial charge in [-0.2, -0.15) is 0 Å². The number of fused-ring (bicyclic) bond motifs is 1. The van der Waals surface area contributed by atoms with Crippen molar-refractivity contribution in [2.75, 3.05) is 13.9 Å². The first-order chi connectivity index (χ1) is 9.10. The zero-order valence-corrected chi connectivity index (χ0v) is 11.9. The molecule has 2 aliphatic rings. The zero-order chi connectivity index (χ0) is 13.6. The molecule has 1 heterocycles. The number of carbonyl (C=O) groups is 1. The fraction of sp³-hybridized carbons (Fsp3) is 0.462. The number of halogens is 1. The molecule has 3 rings (SSSR count). The van der Waals surface area contributed by atoms with Crippen LogP contribution in [0, 0.1) is 0 Å². The molecule has 0 bridgehead atoms. The predicted octanol–water partition coefficient (Wildman–Crippen LogP) is 2.69. The van der Waals surface area contributed by atoms with E-state index in [9.17, 15) is 9.90 Å². The predicted molar refractivity (Wildman–Crippen MR) is 70.0 cm³/mol. The Morgan fingerprint density at radius 2 is 2.21 bits per heavy atom. The van der Waals surface area contributed by atoms with Gasteiger partial charge in [0, 0.05) is 5.56 Å². The Kier molecular flexibility index (Phi) is 2.85. The van der Waals surface area contributed by atoms with Crippen LogP contribution in [0.25, 0.3) is 0 Å². The first kappa shape index (κ1) is 12.6. The van der Waals surface area contributed by atoms with E-state index < -0.39 is 11.4 Å². The Balaban J connectivity index is 2.21. The first-order valence-electron chi connectivity index (χ1n) is 6.00. The molecule has 6 heteroatoms. The quantitative estimate of drug-likeness (QED) is 0.924. The van der Waals surface area contributed by atoms with Crippen LogP contribution in [0.1, 0.15) is 24.8 Å². The minimum absolute atomic E-state index is 0.139. The van der Waals surface area contributed by atoms with Gasteiger partial charge in [-0.05, 0) is 34.8 Å². The number of ether oxygens (including phenoxy) is 3. The third kappa shape index (κ3) is 1.62. The lowest BCUT2D eigenvalue weighted by molar-refractivity contribution is -0.147. The van der Waals surface area contributed by atoms with E-state index in [0.29, 0.717) is 40.1 Å². The number of aliphatic carboxylic acids is 1. The molecular formula is C13H13BrO5. The molecule has 1 aromatic rings. The average Bonchev–Trinajstić information content (AvgIpc) is 2.76. The van der Waals surface area contributed by atoms with Crippen LogP contribution in [0.2, 0.25) is 0 Å². The Morgan fingerprint density at radius 3 is 2.74 bits per heavy atom. The van der Waals surface area contributed by atoms with E-state index in [1.165, 1.54) is 7.11 Å². The number of hydrogen-bond acceptors (Lipinski definition) is 4. The van der Waals surface area contributed by atoms with Crippen molar-refractivity contribution in [3.8, 4) is 17.2 Å². The fourth-order valence-electron chi connectivity index (χ4n) is 2.67. The molecule has 0 saturated heterocycles. The summed E-state index contributed by atoms with van der Waals surface area (Å²) in [5.74, 6) is 0.838. The Labute approximate surface area is 118 Å². The molecule has 1 saturated carbocycles. The summed E-state index contributed by atoms with van der Waals surface area (Å²) in [5, 5.41) is 9.55. The molecule has 0 unspecified atom stereocenters. The monoisotopic (exact) mass is 328 g/mol. The van der Waals surface area contributed by atoms with Crippen molar-refractivity contribution in [1.29, 1.82) is 0 Å². The average molecular weight is 329 g/mol. The van der Waals surface area contributed by atoms with Crippen LogP contribution in [0.15, 0.2) is 10.5 Å². The van der Waals surface area contributed by atoms with Crippen molar-refractivity contribution in [2.45, 2.75) is 24.7 Å². The number of rotatable bonds is 3. The molecule has 1 aromatic carbocycles. The van der Waals surface area contributed by atoms with Gasteiger partial charge in [-0.1, -0.05) is 6.42 Å². The second-order valence-electron chi connectivity index (χ2n) is 4.75. The fourth-order valence-corrected chi connectivity index (χ4v) is 3.35. The van der Waals surface area contributed by atoms with Crippen LogP contribution in [0.3, 0.4) is 0 Å². The molecule has 0 aromatic heterocycles. The Bertz CT molecular complexity index is 550. The minimum Gasteiger partial charge on any atom is -0.495 e. The van der Waals surface area contributed by atoms with Crippen molar-refractivity contribution < 1.29 is 24.1 Å². The Hall–Kier alpha value is -1.43. The van der Waals surface area contributed by atoms with Gasteiger partial charge < -0.3 is 19.3 Å². The normalized spacial score (nSPS) is 18.8. The molecule has 5 nitrogen and oxygen atoms in total. The van der Waals surface area contributed by atoms with Gasteiger partial charge in [-0.25, -0.2) is 0 Å². The highest BCUT2D eigenvalue weighted by Gasteiger charge is 2.49. The van der Waals surface area contributed by atoms with Crippen LogP contribution >= 0.6 is 15.9 Å².